The first-order chi connectivity index (χ1) is 9.46. The van der Waals surface area contributed by atoms with Crippen molar-refractivity contribution < 1.29 is 13.2 Å². The molecule has 1 N–H and O–H groups in total. The molecule has 2 heterocycles. The van der Waals surface area contributed by atoms with Gasteiger partial charge in [-0.1, -0.05) is 17.7 Å². The molecule has 2 bridgehead atoms. The lowest BCUT2D eigenvalue weighted by Crippen LogP contribution is -2.55. The predicted octanol–water partition coefficient (Wildman–Crippen LogP) is 0.752. The summed E-state index contributed by atoms with van der Waals surface area (Å²) in [6, 6.07) is 6.86. The Balaban J connectivity index is 1.88. The van der Waals surface area contributed by atoms with Gasteiger partial charge in [0.25, 0.3) is 0 Å². The molecule has 1 amide bonds. The molecule has 2 aliphatic rings. The van der Waals surface area contributed by atoms with Crippen molar-refractivity contribution in [2.24, 2.45) is 11.8 Å². The van der Waals surface area contributed by atoms with E-state index in [4.69, 9.17) is 0 Å². The minimum absolute atomic E-state index is 0.0231. The van der Waals surface area contributed by atoms with Gasteiger partial charge in [-0.15, -0.1) is 0 Å². The number of nitrogens with one attached hydrogen (secondary N) is 1. The van der Waals surface area contributed by atoms with Crippen LogP contribution in [0.4, 0.5) is 0 Å². The lowest BCUT2D eigenvalue weighted by Gasteiger charge is -2.39. The van der Waals surface area contributed by atoms with Crippen LogP contribution >= 0.6 is 0 Å². The van der Waals surface area contributed by atoms with E-state index in [9.17, 15) is 13.2 Å². The van der Waals surface area contributed by atoms with Crippen molar-refractivity contribution in [3.8, 4) is 0 Å². The maximum Gasteiger partial charge on any atom is 0.243 e. The molecule has 1 aromatic carbocycles. The van der Waals surface area contributed by atoms with Gasteiger partial charge in [-0.25, -0.2) is 8.42 Å². The molecule has 108 valence electrons. The van der Waals surface area contributed by atoms with Gasteiger partial charge in [-0.2, -0.15) is 4.31 Å². The van der Waals surface area contributed by atoms with Gasteiger partial charge >= 0.3 is 0 Å². The number of rotatable bonds is 2. The first kappa shape index (κ1) is 13.6. The number of sulfonamides is 1. The summed E-state index contributed by atoms with van der Waals surface area (Å²) in [7, 11) is -3.49. The summed E-state index contributed by atoms with van der Waals surface area (Å²) < 4.78 is 26.7. The maximum atomic E-state index is 12.6. The van der Waals surface area contributed by atoms with E-state index in [1.165, 1.54) is 4.31 Å². The van der Waals surface area contributed by atoms with Gasteiger partial charge in [-0.3, -0.25) is 4.79 Å². The van der Waals surface area contributed by atoms with Gasteiger partial charge in [0.2, 0.25) is 15.9 Å². The molecule has 0 aromatic heterocycles. The third kappa shape index (κ3) is 2.33. The molecule has 3 rings (SSSR count). The number of benzene rings is 1. The van der Waals surface area contributed by atoms with Crippen molar-refractivity contribution in [3.63, 3.8) is 0 Å². The van der Waals surface area contributed by atoms with Crippen LogP contribution in [0, 0.1) is 18.8 Å². The number of fused-ring (bicyclic) bond motifs is 2. The van der Waals surface area contributed by atoms with Crippen molar-refractivity contribution >= 4 is 15.9 Å². The zero-order valence-electron chi connectivity index (χ0n) is 11.4. The van der Waals surface area contributed by atoms with Gasteiger partial charge in [0.1, 0.15) is 0 Å². The lowest BCUT2D eigenvalue weighted by atomic mass is 9.86. The van der Waals surface area contributed by atoms with Crippen LogP contribution in [0.3, 0.4) is 0 Å². The van der Waals surface area contributed by atoms with Gasteiger partial charge in [0, 0.05) is 19.6 Å². The third-order valence-electron chi connectivity index (χ3n) is 4.10. The summed E-state index contributed by atoms with van der Waals surface area (Å²) in [4.78, 5) is 12.0. The van der Waals surface area contributed by atoms with E-state index in [1.54, 1.807) is 24.3 Å². The Hall–Kier alpha value is -1.40. The lowest BCUT2D eigenvalue weighted by molar-refractivity contribution is -0.129. The molecule has 2 saturated heterocycles. The van der Waals surface area contributed by atoms with Crippen LogP contribution in [0.1, 0.15) is 12.0 Å². The van der Waals surface area contributed by atoms with E-state index in [2.05, 4.69) is 5.32 Å². The molecular formula is C14H18N2O3S. The van der Waals surface area contributed by atoms with Crippen molar-refractivity contribution in [1.29, 1.82) is 0 Å². The van der Waals surface area contributed by atoms with Gasteiger partial charge < -0.3 is 5.32 Å². The molecule has 0 saturated carbocycles. The Bertz CT molecular complexity index is 624. The van der Waals surface area contributed by atoms with Crippen molar-refractivity contribution in [3.05, 3.63) is 29.8 Å². The summed E-state index contributed by atoms with van der Waals surface area (Å²) in [6.07, 6.45) is 0.797. The van der Waals surface area contributed by atoms with Crippen LogP contribution in [-0.4, -0.2) is 38.3 Å². The first-order valence-corrected chi connectivity index (χ1v) is 8.25. The fourth-order valence-electron chi connectivity index (χ4n) is 2.94. The third-order valence-corrected chi connectivity index (χ3v) is 5.94. The molecule has 2 unspecified atom stereocenters. The summed E-state index contributed by atoms with van der Waals surface area (Å²) in [6.45, 7) is 3.28. The Morgan fingerprint density at radius 3 is 2.60 bits per heavy atom. The van der Waals surface area contributed by atoms with Crippen LogP contribution in [-0.2, 0) is 14.8 Å². The number of aryl methyl sites for hydroxylation is 1. The quantitative estimate of drug-likeness (QED) is 0.875. The number of carbonyl (C=O) groups is 1. The second-order valence-electron chi connectivity index (χ2n) is 5.68. The van der Waals surface area contributed by atoms with Crippen molar-refractivity contribution in [2.45, 2.75) is 18.2 Å². The number of amides is 1. The molecule has 2 aliphatic heterocycles. The molecule has 0 radical (unpaired) electrons. The van der Waals surface area contributed by atoms with Gasteiger partial charge in [0.05, 0.1) is 10.8 Å². The van der Waals surface area contributed by atoms with Crippen molar-refractivity contribution in [1.82, 2.24) is 9.62 Å². The Labute approximate surface area is 119 Å². The number of carbonyl (C=O) groups excluding carboxylic acids is 1. The Morgan fingerprint density at radius 2 is 1.90 bits per heavy atom. The summed E-state index contributed by atoms with van der Waals surface area (Å²) >= 11 is 0. The highest BCUT2D eigenvalue weighted by Gasteiger charge is 2.40. The SMILES string of the molecule is Cc1ccc(S(=O)(=O)N2CC3CNC(=O)C(C3)C2)cc1. The summed E-state index contributed by atoms with van der Waals surface area (Å²) in [5.74, 6) is -0.000507. The van der Waals surface area contributed by atoms with E-state index in [-0.39, 0.29) is 17.7 Å². The zero-order chi connectivity index (χ0) is 14.3. The second-order valence-corrected chi connectivity index (χ2v) is 7.62. The number of hydrogen-bond donors (Lipinski definition) is 1. The zero-order valence-corrected chi connectivity index (χ0v) is 12.2. The number of hydrogen-bond acceptors (Lipinski definition) is 3. The molecule has 0 aliphatic carbocycles. The number of nitrogens with zero attached hydrogens (tertiary/aromatic N) is 1. The minimum atomic E-state index is -3.49. The van der Waals surface area contributed by atoms with E-state index in [1.807, 2.05) is 6.92 Å². The summed E-state index contributed by atoms with van der Waals surface area (Å²) in [5, 5.41) is 2.84. The molecule has 5 nitrogen and oxygen atoms in total. The normalized spacial score (nSPS) is 27.1. The smallest absolute Gasteiger partial charge is 0.243 e. The molecule has 0 spiro atoms. The number of piperidine rings is 2. The van der Waals surface area contributed by atoms with E-state index < -0.39 is 10.0 Å². The van der Waals surface area contributed by atoms with Crippen molar-refractivity contribution in [2.75, 3.05) is 19.6 Å². The van der Waals surface area contributed by atoms with E-state index in [0.717, 1.165) is 12.0 Å². The van der Waals surface area contributed by atoms with Crippen LogP contribution in [0.25, 0.3) is 0 Å². The van der Waals surface area contributed by atoms with Crippen LogP contribution in [0.15, 0.2) is 29.2 Å². The van der Waals surface area contributed by atoms with E-state index >= 15 is 0 Å². The van der Waals surface area contributed by atoms with Crippen LogP contribution < -0.4 is 5.32 Å². The molecule has 1 aromatic rings. The first-order valence-electron chi connectivity index (χ1n) is 6.81. The van der Waals surface area contributed by atoms with Crippen LogP contribution in [0.5, 0.6) is 0 Å². The topological polar surface area (TPSA) is 66.5 Å². The van der Waals surface area contributed by atoms with Gasteiger partial charge in [-0.05, 0) is 31.4 Å². The van der Waals surface area contributed by atoms with E-state index in [0.29, 0.717) is 24.5 Å². The predicted molar refractivity (Wildman–Crippen MR) is 74.5 cm³/mol. The monoisotopic (exact) mass is 294 g/mol. The molecule has 2 fully saturated rings. The minimum Gasteiger partial charge on any atom is -0.355 e. The molecule has 2 atom stereocenters. The molecule has 20 heavy (non-hydrogen) atoms. The standard InChI is InChI=1S/C14H18N2O3S/c1-10-2-4-13(5-3-10)20(18,19)16-8-11-6-12(9-16)14(17)15-7-11/h2-5,11-12H,6-9H2,1H3,(H,15,17). The highest BCUT2D eigenvalue weighted by atomic mass is 32.2. The fraction of sp³-hybridized carbons (Fsp3) is 0.500. The second kappa shape index (κ2) is 4.86. The average Bonchev–Trinajstić information content (AvgIpc) is 2.43. The maximum absolute atomic E-state index is 12.6. The Kier molecular flexibility index (Phi) is 3.30. The highest BCUT2D eigenvalue weighted by molar-refractivity contribution is 7.89. The Morgan fingerprint density at radius 1 is 1.20 bits per heavy atom. The van der Waals surface area contributed by atoms with Crippen LogP contribution in [0.2, 0.25) is 0 Å². The average molecular weight is 294 g/mol. The highest BCUT2D eigenvalue weighted by Crippen LogP contribution is 2.29. The molecule has 6 heteroatoms. The summed E-state index contributed by atoms with van der Waals surface area (Å²) in [5.41, 5.74) is 1.03. The van der Waals surface area contributed by atoms with Gasteiger partial charge in [0.15, 0.2) is 0 Å². The fourth-order valence-corrected chi connectivity index (χ4v) is 4.50. The largest absolute Gasteiger partial charge is 0.355 e. The molecular weight excluding hydrogens is 276 g/mol.